The first-order chi connectivity index (χ1) is 11.6. The van der Waals surface area contributed by atoms with Crippen LogP contribution in [0.5, 0.6) is 0 Å². The number of esters is 1. The highest BCUT2D eigenvalue weighted by Crippen LogP contribution is 2.36. The Bertz CT molecular complexity index is 346. The maximum absolute atomic E-state index is 10.4. The summed E-state index contributed by atoms with van der Waals surface area (Å²) in [5, 5.41) is 6.06. The third-order valence-electron chi connectivity index (χ3n) is 4.85. The lowest BCUT2D eigenvalue weighted by atomic mass is 10.1. The summed E-state index contributed by atoms with van der Waals surface area (Å²) in [5.74, 6) is -0.497. The number of hydrogen-bond donors (Lipinski definition) is 3. The smallest absolute Gasteiger partial charge is 0.302 e. The van der Waals surface area contributed by atoms with Crippen LogP contribution in [0.3, 0.4) is 0 Å². The summed E-state index contributed by atoms with van der Waals surface area (Å²) >= 11 is 0. The van der Waals surface area contributed by atoms with Gasteiger partial charge in [0.15, 0.2) is 5.96 Å². The minimum atomic E-state index is -0.694. The Morgan fingerprint density at radius 1 is 1.12 bits per heavy atom. The lowest BCUT2D eigenvalue weighted by molar-refractivity contribution is -0.141. The molecule has 0 saturated carbocycles. The molecule has 5 nitrogen and oxygen atoms in total. The van der Waals surface area contributed by atoms with E-state index in [9.17, 15) is 4.79 Å². The second-order valence-electron chi connectivity index (χ2n) is 7.70. The molecular formula is C19H43N3O2Si. The molecule has 150 valence electrons. The maximum Gasteiger partial charge on any atom is 0.302 e. The van der Waals surface area contributed by atoms with E-state index >= 15 is 0 Å². The van der Waals surface area contributed by atoms with Crippen molar-refractivity contribution in [2.45, 2.75) is 103 Å². The topological polar surface area (TPSA) is 102 Å². The quantitative estimate of drug-likeness (QED) is 0.192. The monoisotopic (exact) mass is 373 g/mol. The molecule has 1 fully saturated rings. The van der Waals surface area contributed by atoms with Gasteiger partial charge in [-0.1, -0.05) is 84.4 Å². The van der Waals surface area contributed by atoms with Gasteiger partial charge in [0.2, 0.25) is 0 Å². The van der Waals surface area contributed by atoms with Crippen molar-refractivity contribution in [1.82, 2.24) is 0 Å². The molecule has 1 unspecified atom stereocenters. The second-order valence-corrected chi connectivity index (χ2v) is 13.2. The van der Waals surface area contributed by atoms with Crippen molar-refractivity contribution in [1.29, 1.82) is 5.41 Å². The summed E-state index contributed by atoms with van der Waals surface area (Å²) in [6.45, 7) is 11.8. The third kappa shape index (κ3) is 20.9. The number of carbonyl (C=O) groups is 1. The highest BCUT2D eigenvalue weighted by atomic mass is 28.3. The summed E-state index contributed by atoms with van der Waals surface area (Å²) in [6.07, 6.45) is 11.9. The summed E-state index contributed by atoms with van der Waals surface area (Å²) < 4.78 is 4.81. The average Bonchev–Trinajstić information content (AvgIpc) is 2.49. The van der Waals surface area contributed by atoms with Crippen molar-refractivity contribution in [3.8, 4) is 0 Å². The predicted octanol–water partition coefficient (Wildman–Crippen LogP) is 5.02. The van der Waals surface area contributed by atoms with Crippen LogP contribution in [-0.4, -0.2) is 26.6 Å². The van der Waals surface area contributed by atoms with Crippen molar-refractivity contribution < 1.29 is 9.53 Å². The molecule has 0 aromatic heterocycles. The first kappa shape index (κ1) is 26.2. The van der Waals surface area contributed by atoms with Crippen LogP contribution < -0.4 is 11.5 Å². The fraction of sp³-hybridized carbons (Fsp3) is 0.895. The van der Waals surface area contributed by atoms with Crippen LogP contribution in [-0.2, 0) is 9.53 Å². The van der Waals surface area contributed by atoms with E-state index in [4.69, 9.17) is 10.1 Å². The minimum Gasteiger partial charge on any atom is -0.466 e. The second kappa shape index (κ2) is 16.4. The van der Waals surface area contributed by atoms with Gasteiger partial charge in [0.1, 0.15) is 0 Å². The molecule has 1 atom stereocenters. The summed E-state index contributed by atoms with van der Waals surface area (Å²) in [5.41, 5.74) is 10.0. The van der Waals surface area contributed by atoms with Crippen LogP contribution in [0.15, 0.2) is 0 Å². The Morgan fingerprint density at radius 3 is 2.04 bits per heavy atom. The SMILES string of the molecule is CC1CCCC[Si]1(C)C.CCCCCCCCOC(C)=O.N=C(N)N. The number of nitrogens with one attached hydrogen (secondary N) is 1. The Morgan fingerprint density at radius 2 is 1.64 bits per heavy atom. The van der Waals surface area contributed by atoms with Crippen LogP contribution in [0.1, 0.15) is 78.6 Å². The zero-order chi connectivity index (χ0) is 19.7. The number of ether oxygens (including phenoxy) is 1. The molecule has 1 heterocycles. The van der Waals surface area contributed by atoms with Gasteiger partial charge in [-0.2, -0.15) is 0 Å². The molecule has 0 aliphatic carbocycles. The van der Waals surface area contributed by atoms with Gasteiger partial charge in [-0.05, 0) is 12.0 Å². The summed E-state index contributed by atoms with van der Waals surface area (Å²) in [6, 6.07) is 1.58. The lowest BCUT2D eigenvalue weighted by Crippen LogP contribution is -2.33. The molecule has 1 rings (SSSR count). The van der Waals surface area contributed by atoms with E-state index in [2.05, 4.69) is 38.4 Å². The van der Waals surface area contributed by atoms with E-state index in [0.29, 0.717) is 6.61 Å². The van der Waals surface area contributed by atoms with E-state index in [0.717, 1.165) is 12.0 Å². The molecular weight excluding hydrogens is 330 g/mol. The number of nitrogens with two attached hydrogens (primary N) is 2. The maximum atomic E-state index is 10.4. The molecule has 0 bridgehead atoms. The van der Waals surface area contributed by atoms with Crippen molar-refractivity contribution >= 4 is 20.0 Å². The number of unbranched alkanes of at least 4 members (excludes halogenated alkanes) is 5. The van der Waals surface area contributed by atoms with Gasteiger partial charge >= 0.3 is 5.97 Å². The summed E-state index contributed by atoms with van der Waals surface area (Å²) in [4.78, 5) is 10.4. The molecule has 25 heavy (non-hydrogen) atoms. The summed E-state index contributed by atoms with van der Waals surface area (Å²) in [7, 11) is -0.694. The standard InChI is InChI=1S/C10H20O2.C8H18Si.CH5N3/c1-3-4-5-6-7-8-9-12-10(2)11;1-8-6-4-5-7-9(8,2)3;2-1(3)4/h3-9H2,1-2H3;8H,4-7H2,1-3H3;(H5,2,3,4). The number of hydrogen-bond acceptors (Lipinski definition) is 3. The molecule has 0 aromatic rings. The van der Waals surface area contributed by atoms with Gasteiger partial charge in [0.25, 0.3) is 0 Å². The molecule has 1 aliphatic rings. The first-order valence-electron chi connectivity index (χ1n) is 9.86. The van der Waals surface area contributed by atoms with E-state index in [1.807, 2.05) is 0 Å². The normalized spacial score (nSPS) is 18.0. The number of guanidine groups is 1. The van der Waals surface area contributed by atoms with Gasteiger partial charge in [-0.25, -0.2) is 0 Å². The van der Waals surface area contributed by atoms with Gasteiger partial charge in [-0.3, -0.25) is 10.2 Å². The van der Waals surface area contributed by atoms with Crippen molar-refractivity contribution in [3.63, 3.8) is 0 Å². The van der Waals surface area contributed by atoms with Crippen molar-refractivity contribution in [2.24, 2.45) is 11.5 Å². The third-order valence-corrected chi connectivity index (χ3v) is 9.44. The van der Waals surface area contributed by atoms with Crippen LogP contribution >= 0.6 is 0 Å². The van der Waals surface area contributed by atoms with E-state index in [1.165, 1.54) is 58.3 Å². The molecule has 0 radical (unpaired) electrons. The number of rotatable bonds is 7. The molecule has 6 heteroatoms. The highest BCUT2D eigenvalue weighted by molar-refractivity contribution is 6.78. The Hall–Kier alpha value is -1.04. The van der Waals surface area contributed by atoms with E-state index in [-0.39, 0.29) is 11.9 Å². The van der Waals surface area contributed by atoms with E-state index in [1.54, 1.807) is 6.04 Å². The number of carbonyl (C=O) groups excluding carboxylic acids is 1. The lowest BCUT2D eigenvalue weighted by Gasteiger charge is -2.34. The molecule has 0 aromatic carbocycles. The Kier molecular flexibility index (Phi) is 17.2. The van der Waals surface area contributed by atoms with Gasteiger partial charge < -0.3 is 16.2 Å². The fourth-order valence-electron chi connectivity index (χ4n) is 2.77. The average molecular weight is 374 g/mol. The molecule has 1 aliphatic heterocycles. The van der Waals surface area contributed by atoms with Crippen molar-refractivity contribution in [3.05, 3.63) is 0 Å². The fourth-order valence-corrected chi connectivity index (χ4v) is 5.41. The van der Waals surface area contributed by atoms with Gasteiger partial charge in [0, 0.05) is 6.92 Å². The Balaban J connectivity index is 0. The van der Waals surface area contributed by atoms with Gasteiger partial charge in [0.05, 0.1) is 14.7 Å². The molecule has 0 spiro atoms. The predicted molar refractivity (Wildman–Crippen MR) is 112 cm³/mol. The van der Waals surface area contributed by atoms with Crippen LogP contribution in [0.25, 0.3) is 0 Å². The van der Waals surface area contributed by atoms with E-state index < -0.39 is 8.07 Å². The van der Waals surface area contributed by atoms with Gasteiger partial charge in [-0.15, -0.1) is 0 Å². The zero-order valence-corrected chi connectivity index (χ0v) is 18.3. The zero-order valence-electron chi connectivity index (χ0n) is 17.3. The van der Waals surface area contributed by atoms with Crippen LogP contribution in [0.2, 0.25) is 24.7 Å². The Labute approximate surface area is 156 Å². The largest absolute Gasteiger partial charge is 0.466 e. The first-order valence-corrected chi connectivity index (χ1v) is 13.1. The minimum absolute atomic E-state index is 0.163. The highest BCUT2D eigenvalue weighted by Gasteiger charge is 2.30. The van der Waals surface area contributed by atoms with Crippen molar-refractivity contribution in [2.75, 3.05) is 6.61 Å². The van der Waals surface area contributed by atoms with Crippen LogP contribution in [0.4, 0.5) is 0 Å². The molecule has 5 N–H and O–H groups in total. The van der Waals surface area contributed by atoms with Crippen LogP contribution in [0, 0.1) is 5.41 Å². The molecule has 1 saturated heterocycles. The molecule has 0 amide bonds.